The van der Waals surface area contributed by atoms with Crippen molar-refractivity contribution in [3.8, 4) is 6.07 Å². The maximum Gasteiger partial charge on any atom is 0.211 e. The van der Waals surface area contributed by atoms with Gasteiger partial charge in [-0.15, -0.1) is 0 Å². The molecular formula is C12H16N2O2S. The van der Waals surface area contributed by atoms with Crippen LogP contribution >= 0.6 is 0 Å². The highest BCUT2D eigenvalue weighted by molar-refractivity contribution is 7.89. The predicted molar refractivity (Wildman–Crippen MR) is 66.7 cm³/mol. The SMILES string of the molecule is CCCCS(=O)(=O)NCc1cccc(C#N)c1. The average molecular weight is 252 g/mol. The second kappa shape index (κ2) is 6.38. The molecule has 0 aromatic heterocycles. The molecule has 5 heteroatoms. The minimum atomic E-state index is -3.19. The van der Waals surface area contributed by atoms with Crippen LogP contribution in [0.1, 0.15) is 30.9 Å². The summed E-state index contributed by atoms with van der Waals surface area (Å²) in [6.45, 7) is 2.19. The molecule has 0 radical (unpaired) electrons. The third-order valence-corrected chi connectivity index (χ3v) is 3.73. The van der Waals surface area contributed by atoms with Crippen molar-refractivity contribution >= 4 is 10.0 Å². The first kappa shape index (κ1) is 13.7. The quantitative estimate of drug-likeness (QED) is 0.839. The van der Waals surface area contributed by atoms with Gasteiger partial charge < -0.3 is 0 Å². The molecule has 0 aliphatic rings. The zero-order chi connectivity index (χ0) is 12.7. The van der Waals surface area contributed by atoms with Crippen molar-refractivity contribution in [3.05, 3.63) is 35.4 Å². The molecule has 0 unspecified atom stereocenters. The molecule has 0 atom stereocenters. The van der Waals surface area contributed by atoms with E-state index in [1.807, 2.05) is 13.0 Å². The van der Waals surface area contributed by atoms with Crippen LogP contribution in [0.5, 0.6) is 0 Å². The largest absolute Gasteiger partial charge is 0.212 e. The summed E-state index contributed by atoms with van der Waals surface area (Å²) < 4.78 is 25.6. The molecule has 0 saturated carbocycles. The third kappa shape index (κ3) is 4.98. The van der Waals surface area contributed by atoms with Crippen LogP contribution < -0.4 is 4.72 Å². The van der Waals surface area contributed by atoms with Crippen LogP contribution in [0.3, 0.4) is 0 Å². The fourth-order valence-electron chi connectivity index (χ4n) is 1.35. The van der Waals surface area contributed by atoms with Crippen molar-refractivity contribution < 1.29 is 8.42 Å². The normalized spacial score (nSPS) is 11.1. The fraction of sp³-hybridized carbons (Fsp3) is 0.417. The number of unbranched alkanes of at least 4 members (excludes halogenated alkanes) is 1. The summed E-state index contributed by atoms with van der Waals surface area (Å²) in [7, 11) is -3.19. The van der Waals surface area contributed by atoms with Crippen molar-refractivity contribution in [2.75, 3.05) is 5.75 Å². The van der Waals surface area contributed by atoms with Gasteiger partial charge in [0.15, 0.2) is 0 Å². The van der Waals surface area contributed by atoms with Crippen LogP contribution in [-0.4, -0.2) is 14.2 Å². The van der Waals surface area contributed by atoms with Crippen molar-refractivity contribution in [2.45, 2.75) is 26.3 Å². The summed E-state index contributed by atoms with van der Waals surface area (Å²) >= 11 is 0. The molecule has 0 spiro atoms. The van der Waals surface area contributed by atoms with Gasteiger partial charge in [0.05, 0.1) is 17.4 Å². The Morgan fingerprint density at radius 3 is 2.82 bits per heavy atom. The van der Waals surface area contributed by atoms with Gasteiger partial charge >= 0.3 is 0 Å². The Kier molecular flexibility index (Phi) is 5.13. The Hall–Kier alpha value is -1.38. The molecule has 92 valence electrons. The lowest BCUT2D eigenvalue weighted by atomic mass is 10.1. The summed E-state index contributed by atoms with van der Waals surface area (Å²) in [4.78, 5) is 0. The molecule has 0 saturated heterocycles. The lowest BCUT2D eigenvalue weighted by Gasteiger charge is -2.06. The summed E-state index contributed by atoms with van der Waals surface area (Å²) in [5.41, 5.74) is 1.33. The van der Waals surface area contributed by atoms with Crippen molar-refractivity contribution in [3.63, 3.8) is 0 Å². The van der Waals surface area contributed by atoms with E-state index in [1.165, 1.54) is 0 Å². The number of rotatable bonds is 6. The van der Waals surface area contributed by atoms with Crippen molar-refractivity contribution in [1.82, 2.24) is 4.72 Å². The number of sulfonamides is 1. The van der Waals surface area contributed by atoms with Crippen molar-refractivity contribution in [1.29, 1.82) is 5.26 Å². The first-order chi connectivity index (χ1) is 8.07. The zero-order valence-electron chi connectivity index (χ0n) is 9.81. The Morgan fingerprint density at radius 1 is 1.41 bits per heavy atom. The lowest BCUT2D eigenvalue weighted by molar-refractivity contribution is 0.578. The molecule has 0 aliphatic carbocycles. The van der Waals surface area contributed by atoms with E-state index in [9.17, 15) is 8.42 Å². The topological polar surface area (TPSA) is 70.0 Å². The Morgan fingerprint density at radius 2 is 2.18 bits per heavy atom. The van der Waals surface area contributed by atoms with E-state index < -0.39 is 10.0 Å². The molecule has 0 aliphatic heterocycles. The first-order valence-electron chi connectivity index (χ1n) is 5.54. The molecule has 4 nitrogen and oxygen atoms in total. The van der Waals surface area contributed by atoms with Crippen molar-refractivity contribution in [2.24, 2.45) is 0 Å². The molecule has 1 rings (SSSR count). The fourth-order valence-corrected chi connectivity index (χ4v) is 2.55. The predicted octanol–water partition coefficient (Wildman–Crippen LogP) is 1.78. The monoisotopic (exact) mass is 252 g/mol. The number of nitrogens with one attached hydrogen (secondary N) is 1. The molecule has 0 bridgehead atoms. The number of nitriles is 1. The average Bonchev–Trinajstić information content (AvgIpc) is 2.34. The summed E-state index contributed by atoms with van der Waals surface area (Å²) in [5, 5.41) is 8.72. The second-order valence-corrected chi connectivity index (χ2v) is 5.73. The maximum absolute atomic E-state index is 11.5. The van der Waals surface area contributed by atoms with Gasteiger partial charge in [0, 0.05) is 6.54 Å². The molecule has 1 aromatic carbocycles. The van der Waals surface area contributed by atoms with E-state index in [0.29, 0.717) is 12.0 Å². The van der Waals surface area contributed by atoms with Crippen LogP contribution in [0.4, 0.5) is 0 Å². The first-order valence-corrected chi connectivity index (χ1v) is 7.19. The zero-order valence-corrected chi connectivity index (χ0v) is 10.6. The Labute approximate surface area is 102 Å². The van der Waals surface area contributed by atoms with E-state index in [1.54, 1.807) is 24.3 Å². The van der Waals surface area contributed by atoms with Gasteiger partial charge in [0.1, 0.15) is 0 Å². The van der Waals surface area contributed by atoms with E-state index in [2.05, 4.69) is 4.72 Å². The van der Waals surface area contributed by atoms with Crippen LogP contribution in [0.25, 0.3) is 0 Å². The van der Waals surface area contributed by atoms with E-state index in [-0.39, 0.29) is 12.3 Å². The van der Waals surface area contributed by atoms with Gasteiger partial charge in [-0.1, -0.05) is 25.5 Å². The lowest BCUT2D eigenvalue weighted by Crippen LogP contribution is -2.25. The molecule has 17 heavy (non-hydrogen) atoms. The highest BCUT2D eigenvalue weighted by Crippen LogP contribution is 2.04. The number of hydrogen-bond acceptors (Lipinski definition) is 3. The summed E-state index contributed by atoms with van der Waals surface area (Å²) in [5.74, 6) is 0.154. The summed E-state index contributed by atoms with van der Waals surface area (Å²) in [6.07, 6.45) is 1.51. The van der Waals surface area contributed by atoms with Crippen LogP contribution in [0.2, 0.25) is 0 Å². The second-order valence-electron chi connectivity index (χ2n) is 3.81. The smallest absolute Gasteiger partial charge is 0.211 e. The number of benzene rings is 1. The van der Waals surface area contributed by atoms with Gasteiger partial charge in [0.25, 0.3) is 0 Å². The highest BCUT2D eigenvalue weighted by Gasteiger charge is 2.08. The summed E-state index contributed by atoms with van der Waals surface area (Å²) in [6, 6.07) is 8.93. The molecule has 1 N–H and O–H groups in total. The third-order valence-electron chi connectivity index (χ3n) is 2.32. The minimum Gasteiger partial charge on any atom is -0.212 e. The minimum absolute atomic E-state index is 0.154. The molecular weight excluding hydrogens is 236 g/mol. The van der Waals surface area contributed by atoms with Crippen LogP contribution in [-0.2, 0) is 16.6 Å². The van der Waals surface area contributed by atoms with Gasteiger partial charge in [0.2, 0.25) is 10.0 Å². The molecule has 0 heterocycles. The number of nitrogens with zero attached hydrogens (tertiary/aromatic N) is 1. The van der Waals surface area contributed by atoms with Gasteiger partial charge in [-0.2, -0.15) is 5.26 Å². The molecule has 1 aromatic rings. The highest BCUT2D eigenvalue weighted by atomic mass is 32.2. The molecule has 0 fully saturated rings. The van der Waals surface area contributed by atoms with E-state index >= 15 is 0 Å². The van der Waals surface area contributed by atoms with E-state index in [4.69, 9.17) is 5.26 Å². The van der Waals surface area contributed by atoms with Crippen LogP contribution in [0.15, 0.2) is 24.3 Å². The maximum atomic E-state index is 11.5. The van der Waals surface area contributed by atoms with E-state index in [0.717, 1.165) is 12.0 Å². The van der Waals surface area contributed by atoms with Crippen LogP contribution in [0, 0.1) is 11.3 Å². The molecule has 0 amide bonds. The number of hydrogen-bond donors (Lipinski definition) is 1. The Bertz CT molecular complexity index is 503. The standard InChI is InChI=1S/C12H16N2O2S/c1-2-3-7-17(15,16)14-10-12-6-4-5-11(8-12)9-13/h4-6,8,14H,2-3,7,10H2,1H3. The van der Waals surface area contributed by atoms with Gasteiger partial charge in [-0.25, -0.2) is 13.1 Å². The van der Waals surface area contributed by atoms with Gasteiger partial charge in [-0.05, 0) is 24.1 Å². The Balaban J connectivity index is 2.58. The van der Waals surface area contributed by atoms with Gasteiger partial charge in [-0.3, -0.25) is 0 Å².